The van der Waals surface area contributed by atoms with E-state index in [1.165, 1.54) is 0 Å². The molecule has 0 N–H and O–H groups in total. The standard InChI is InChI=1S/C38H22N6O2/c45-31-28-22-30(38-43-35(25-17-9-3-10-18-25)40-36(44-38)26-19-11-4-12-20-26)32(46)27(28)21-29(31)37-41-33(23-13-5-1-6-14-23)39-34(42-37)24-15-7-2-8-16-24/h1-22H. The number of aromatic nitrogens is 6. The maximum Gasteiger partial charge on any atom is 0.197 e. The van der Waals surface area contributed by atoms with Gasteiger partial charge < -0.3 is 0 Å². The third-order valence-electron chi connectivity index (χ3n) is 7.73. The van der Waals surface area contributed by atoms with Gasteiger partial charge in [-0.15, -0.1) is 0 Å². The summed E-state index contributed by atoms with van der Waals surface area (Å²) >= 11 is 0. The van der Waals surface area contributed by atoms with E-state index in [4.69, 9.17) is 9.97 Å². The van der Waals surface area contributed by atoms with Crippen LogP contribution in [0.4, 0.5) is 0 Å². The lowest BCUT2D eigenvalue weighted by atomic mass is 10.1. The second-order valence-electron chi connectivity index (χ2n) is 10.7. The summed E-state index contributed by atoms with van der Waals surface area (Å²) in [4.78, 5) is 55.9. The van der Waals surface area contributed by atoms with Crippen LogP contribution < -0.4 is 10.9 Å². The van der Waals surface area contributed by atoms with E-state index < -0.39 is 0 Å². The second kappa shape index (κ2) is 11.2. The number of rotatable bonds is 6. The first-order chi connectivity index (χ1) is 22.6. The smallest absolute Gasteiger partial charge is 0.197 e. The fourth-order valence-corrected chi connectivity index (χ4v) is 5.43. The monoisotopic (exact) mass is 594 g/mol. The molecule has 8 heteroatoms. The van der Waals surface area contributed by atoms with E-state index in [2.05, 4.69) is 19.9 Å². The lowest BCUT2D eigenvalue weighted by Crippen LogP contribution is -2.07. The van der Waals surface area contributed by atoms with Crippen LogP contribution in [0.25, 0.3) is 68.3 Å². The Labute approximate surface area is 262 Å². The molecule has 216 valence electrons. The summed E-state index contributed by atoms with van der Waals surface area (Å²) in [5.41, 5.74) is 2.91. The molecule has 0 saturated heterocycles. The third kappa shape index (κ3) is 4.84. The van der Waals surface area contributed by atoms with Crippen molar-refractivity contribution in [1.82, 2.24) is 29.9 Å². The molecule has 0 atom stereocenters. The molecule has 0 saturated carbocycles. The summed E-state index contributed by atoms with van der Waals surface area (Å²) in [6, 6.07) is 41.2. The highest BCUT2D eigenvalue weighted by Gasteiger charge is 2.21. The van der Waals surface area contributed by atoms with Crippen LogP contribution >= 0.6 is 0 Å². The third-order valence-corrected chi connectivity index (χ3v) is 7.73. The van der Waals surface area contributed by atoms with E-state index in [9.17, 15) is 9.59 Å². The quantitative estimate of drug-likeness (QED) is 0.218. The second-order valence-corrected chi connectivity index (χ2v) is 10.7. The minimum Gasteiger partial charge on any atom is -0.288 e. The molecule has 0 fully saturated rings. The van der Waals surface area contributed by atoms with Gasteiger partial charge in [0.05, 0.1) is 11.1 Å². The molecule has 2 aliphatic carbocycles. The Morgan fingerprint density at radius 3 is 0.804 bits per heavy atom. The average molecular weight is 595 g/mol. The minimum atomic E-state index is -0.344. The molecular formula is C38H22N6O2. The molecule has 6 aromatic rings. The van der Waals surface area contributed by atoms with Crippen LogP contribution in [0.5, 0.6) is 0 Å². The first kappa shape index (κ1) is 27.0. The summed E-state index contributed by atoms with van der Waals surface area (Å²) in [6.07, 6.45) is 0. The normalized spacial score (nSPS) is 11.2. The van der Waals surface area contributed by atoms with Crippen molar-refractivity contribution in [1.29, 1.82) is 0 Å². The molecule has 4 aromatic carbocycles. The first-order valence-electron chi connectivity index (χ1n) is 14.6. The Morgan fingerprint density at radius 2 is 0.543 bits per heavy atom. The minimum absolute atomic E-state index is 0.202. The average Bonchev–Trinajstić information content (AvgIpc) is 3.64. The van der Waals surface area contributed by atoms with Crippen LogP contribution in [0.3, 0.4) is 0 Å². The predicted octanol–water partition coefficient (Wildman–Crippen LogP) is 6.38. The van der Waals surface area contributed by atoms with Gasteiger partial charge in [-0.05, 0) is 12.1 Å². The molecule has 0 unspecified atom stereocenters. The lowest BCUT2D eigenvalue weighted by molar-refractivity contribution is 1.07. The maximum atomic E-state index is 13.9. The van der Waals surface area contributed by atoms with E-state index in [1.807, 2.05) is 121 Å². The largest absolute Gasteiger partial charge is 0.288 e. The van der Waals surface area contributed by atoms with Gasteiger partial charge in [0.25, 0.3) is 0 Å². The summed E-state index contributed by atoms with van der Waals surface area (Å²) in [6.45, 7) is 0. The van der Waals surface area contributed by atoms with Crippen molar-refractivity contribution < 1.29 is 0 Å². The van der Waals surface area contributed by atoms with Gasteiger partial charge in [-0.3, -0.25) is 9.59 Å². The van der Waals surface area contributed by atoms with Crippen LogP contribution in [0, 0.1) is 10.4 Å². The number of benzene rings is 4. The highest BCUT2D eigenvalue weighted by atomic mass is 16.1. The molecule has 2 heterocycles. The van der Waals surface area contributed by atoms with E-state index in [-0.39, 0.29) is 44.1 Å². The predicted molar refractivity (Wildman–Crippen MR) is 176 cm³/mol. The van der Waals surface area contributed by atoms with E-state index in [0.29, 0.717) is 23.3 Å². The van der Waals surface area contributed by atoms with Gasteiger partial charge in [-0.1, -0.05) is 121 Å². The van der Waals surface area contributed by atoms with Gasteiger partial charge in [0.1, 0.15) is 0 Å². The zero-order valence-electron chi connectivity index (χ0n) is 24.2. The van der Waals surface area contributed by atoms with Crippen molar-refractivity contribution in [3.63, 3.8) is 0 Å². The SMILES string of the molecule is O=c1c(-c2nc(-c3ccccc3)nc(-c3ccccc3)n2)cc2c(=O)c(-c3nc(-c4ccccc4)nc(-c4ccccc4)n3)cc1=2. The number of nitrogens with zero attached hydrogens (tertiary/aromatic N) is 6. The van der Waals surface area contributed by atoms with Gasteiger partial charge in [0.15, 0.2) is 45.8 Å². The first-order valence-corrected chi connectivity index (χ1v) is 14.6. The van der Waals surface area contributed by atoms with Crippen LogP contribution in [0.15, 0.2) is 143 Å². The molecule has 0 spiro atoms. The van der Waals surface area contributed by atoms with E-state index in [1.54, 1.807) is 12.1 Å². The molecule has 46 heavy (non-hydrogen) atoms. The lowest BCUT2D eigenvalue weighted by Gasteiger charge is -2.07. The van der Waals surface area contributed by atoms with Crippen molar-refractivity contribution in [2.24, 2.45) is 0 Å². The van der Waals surface area contributed by atoms with E-state index >= 15 is 0 Å². The van der Waals surface area contributed by atoms with Crippen LogP contribution in [-0.2, 0) is 0 Å². The molecule has 0 amide bonds. The highest BCUT2D eigenvalue weighted by molar-refractivity contribution is 5.70. The van der Waals surface area contributed by atoms with Crippen LogP contribution in [0.2, 0.25) is 0 Å². The highest BCUT2D eigenvalue weighted by Crippen LogP contribution is 2.26. The summed E-state index contributed by atoms with van der Waals surface area (Å²) in [7, 11) is 0. The zero-order chi connectivity index (χ0) is 31.0. The topological polar surface area (TPSA) is 111 Å². The molecule has 0 aliphatic heterocycles. The van der Waals surface area contributed by atoms with E-state index in [0.717, 1.165) is 22.3 Å². The fraction of sp³-hybridized carbons (Fsp3) is 0. The summed E-state index contributed by atoms with van der Waals surface area (Å²) in [5, 5.41) is 0.529. The Kier molecular flexibility index (Phi) is 6.58. The molecule has 8 rings (SSSR count). The van der Waals surface area contributed by atoms with Gasteiger partial charge in [0, 0.05) is 32.7 Å². The van der Waals surface area contributed by atoms with Crippen LogP contribution in [0.1, 0.15) is 0 Å². The Balaban J connectivity index is 1.28. The Bertz CT molecular complexity index is 2210. The molecule has 0 bridgehead atoms. The van der Waals surface area contributed by atoms with Crippen LogP contribution in [-0.4, -0.2) is 29.9 Å². The van der Waals surface area contributed by atoms with Gasteiger partial charge in [0.2, 0.25) is 0 Å². The zero-order valence-corrected chi connectivity index (χ0v) is 24.2. The van der Waals surface area contributed by atoms with Crippen molar-refractivity contribution >= 4 is 0 Å². The molecular weight excluding hydrogens is 572 g/mol. The Morgan fingerprint density at radius 1 is 0.304 bits per heavy atom. The molecule has 0 radical (unpaired) electrons. The molecule has 8 nitrogen and oxygen atoms in total. The number of hydrogen-bond donors (Lipinski definition) is 0. The van der Waals surface area contributed by atoms with Crippen molar-refractivity contribution in [3.05, 3.63) is 164 Å². The summed E-state index contributed by atoms with van der Waals surface area (Å²) in [5.74, 6) is 2.12. The fourth-order valence-electron chi connectivity index (χ4n) is 5.43. The van der Waals surface area contributed by atoms with Gasteiger partial charge >= 0.3 is 0 Å². The number of hydrogen-bond acceptors (Lipinski definition) is 8. The maximum absolute atomic E-state index is 13.9. The van der Waals surface area contributed by atoms with Gasteiger partial charge in [-0.25, -0.2) is 29.9 Å². The summed E-state index contributed by atoms with van der Waals surface area (Å²) < 4.78 is 0. The van der Waals surface area contributed by atoms with Crippen molar-refractivity contribution in [2.45, 2.75) is 0 Å². The van der Waals surface area contributed by atoms with Gasteiger partial charge in [-0.2, -0.15) is 0 Å². The Hall–Kier alpha value is -6.54. The molecule has 2 aromatic heterocycles. The van der Waals surface area contributed by atoms with Crippen molar-refractivity contribution in [2.75, 3.05) is 0 Å². The molecule has 2 aliphatic rings. The van der Waals surface area contributed by atoms with Crippen molar-refractivity contribution in [3.8, 4) is 68.3 Å².